The summed E-state index contributed by atoms with van der Waals surface area (Å²) in [6, 6.07) is 22.4. The molecule has 3 aromatic carbocycles. The standard InChI is InChI=1S/C24H24ClN3OS/c1-29-19-11-9-18(10-12-19)17-7-5-16(6-8-17)15-27-14-13-21(26)24-23-20(25)3-2-4-22(23)30-28-24/h2-12,21,27H,13-15,26H2,1H3. The van der Waals surface area contributed by atoms with Crippen molar-refractivity contribution in [2.24, 2.45) is 5.73 Å². The summed E-state index contributed by atoms with van der Waals surface area (Å²) < 4.78 is 10.8. The highest BCUT2D eigenvalue weighted by molar-refractivity contribution is 7.13. The van der Waals surface area contributed by atoms with Gasteiger partial charge in [0.15, 0.2) is 0 Å². The maximum Gasteiger partial charge on any atom is 0.118 e. The van der Waals surface area contributed by atoms with Gasteiger partial charge in [-0.15, -0.1) is 0 Å². The molecule has 3 N–H and O–H groups in total. The van der Waals surface area contributed by atoms with Crippen molar-refractivity contribution < 1.29 is 4.74 Å². The van der Waals surface area contributed by atoms with Gasteiger partial charge in [0, 0.05) is 18.0 Å². The van der Waals surface area contributed by atoms with Crippen LogP contribution in [0, 0.1) is 0 Å². The van der Waals surface area contributed by atoms with Crippen molar-refractivity contribution in [3.8, 4) is 16.9 Å². The Balaban J connectivity index is 1.30. The second kappa shape index (κ2) is 9.58. The fourth-order valence-corrected chi connectivity index (χ4v) is 4.65. The van der Waals surface area contributed by atoms with Crippen molar-refractivity contribution in [2.75, 3.05) is 13.7 Å². The van der Waals surface area contributed by atoms with Gasteiger partial charge in [0.25, 0.3) is 0 Å². The zero-order chi connectivity index (χ0) is 20.9. The number of methoxy groups -OCH3 is 1. The molecule has 0 bridgehead atoms. The number of rotatable bonds is 8. The lowest BCUT2D eigenvalue weighted by molar-refractivity contribution is 0.415. The van der Waals surface area contributed by atoms with Crippen molar-refractivity contribution in [3.05, 3.63) is 83.0 Å². The van der Waals surface area contributed by atoms with E-state index in [4.69, 9.17) is 22.1 Å². The quantitative estimate of drug-likeness (QED) is 0.342. The summed E-state index contributed by atoms with van der Waals surface area (Å²) in [6.45, 7) is 1.61. The molecule has 0 amide bonds. The predicted octanol–water partition coefficient (Wildman–Crippen LogP) is 5.81. The first-order chi connectivity index (χ1) is 14.7. The Labute approximate surface area is 185 Å². The Hall–Kier alpha value is -2.44. The SMILES string of the molecule is COc1ccc(-c2ccc(CNCCC(N)c3nsc4cccc(Cl)c34)cc2)cc1. The Morgan fingerprint density at radius 1 is 1.03 bits per heavy atom. The van der Waals surface area contributed by atoms with Crippen molar-refractivity contribution in [1.29, 1.82) is 0 Å². The van der Waals surface area contributed by atoms with Crippen LogP contribution in [0.15, 0.2) is 66.7 Å². The summed E-state index contributed by atoms with van der Waals surface area (Å²) in [5.41, 5.74) is 10.9. The lowest BCUT2D eigenvalue weighted by atomic mass is 10.0. The molecular formula is C24H24ClN3OS. The minimum atomic E-state index is -0.136. The van der Waals surface area contributed by atoms with Gasteiger partial charge in [0.05, 0.1) is 22.5 Å². The third kappa shape index (κ3) is 4.65. The molecule has 154 valence electrons. The van der Waals surface area contributed by atoms with Crippen molar-refractivity contribution in [1.82, 2.24) is 9.69 Å². The summed E-state index contributed by atoms with van der Waals surface area (Å²) in [5.74, 6) is 0.866. The third-order valence-electron chi connectivity index (χ3n) is 5.16. The van der Waals surface area contributed by atoms with Crippen LogP contribution in [0.2, 0.25) is 5.02 Å². The molecule has 0 spiro atoms. The first-order valence-electron chi connectivity index (χ1n) is 9.89. The maximum atomic E-state index is 6.40. The maximum absolute atomic E-state index is 6.40. The van der Waals surface area contributed by atoms with Gasteiger partial charge in [-0.05, 0) is 65.5 Å². The molecule has 0 saturated carbocycles. The summed E-state index contributed by atoms with van der Waals surface area (Å²) in [5, 5.41) is 5.19. The van der Waals surface area contributed by atoms with E-state index in [-0.39, 0.29) is 6.04 Å². The van der Waals surface area contributed by atoms with Crippen molar-refractivity contribution in [3.63, 3.8) is 0 Å². The van der Waals surface area contributed by atoms with Crippen LogP contribution < -0.4 is 15.8 Å². The minimum Gasteiger partial charge on any atom is -0.497 e. The Morgan fingerprint density at radius 3 is 2.43 bits per heavy atom. The van der Waals surface area contributed by atoms with E-state index in [1.54, 1.807) is 7.11 Å². The zero-order valence-electron chi connectivity index (χ0n) is 16.8. The molecule has 1 aromatic heterocycles. The highest BCUT2D eigenvalue weighted by Gasteiger charge is 2.16. The molecular weight excluding hydrogens is 414 g/mol. The molecule has 1 heterocycles. The van der Waals surface area contributed by atoms with Crippen LogP contribution in [0.25, 0.3) is 21.2 Å². The molecule has 4 nitrogen and oxygen atoms in total. The monoisotopic (exact) mass is 437 g/mol. The van der Waals surface area contributed by atoms with Gasteiger partial charge in [-0.2, -0.15) is 4.37 Å². The molecule has 0 aliphatic heterocycles. The van der Waals surface area contributed by atoms with Gasteiger partial charge < -0.3 is 15.8 Å². The second-order valence-electron chi connectivity index (χ2n) is 7.18. The largest absolute Gasteiger partial charge is 0.497 e. The summed E-state index contributed by atoms with van der Waals surface area (Å²) >= 11 is 7.80. The van der Waals surface area contributed by atoms with Crippen LogP contribution in [0.4, 0.5) is 0 Å². The number of hydrogen-bond acceptors (Lipinski definition) is 5. The van der Waals surface area contributed by atoms with E-state index >= 15 is 0 Å². The topological polar surface area (TPSA) is 60.2 Å². The number of nitrogens with zero attached hydrogens (tertiary/aromatic N) is 1. The van der Waals surface area contributed by atoms with Gasteiger partial charge in [-0.25, -0.2) is 0 Å². The van der Waals surface area contributed by atoms with Crippen LogP contribution in [0.1, 0.15) is 23.7 Å². The molecule has 0 aliphatic rings. The second-order valence-corrected chi connectivity index (χ2v) is 8.39. The van der Waals surface area contributed by atoms with E-state index in [0.717, 1.165) is 46.1 Å². The normalized spacial score (nSPS) is 12.2. The average molecular weight is 438 g/mol. The lowest BCUT2D eigenvalue weighted by Crippen LogP contribution is -2.21. The van der Waals surface area contributed by atoms with E-state index in [9.17, 15) is 0 Å². The van der Waals surface area contributed by atoms with Gasteiger partial charge in [0.1, 0.15) is 5.75 Å². The summed E-state index contributed by atoms with van der Waals surface area (Å²) in [4.78, 5) is 0. The summed E-state index contributed by atoms with van der Waals surface area (Å²) in [7, 11) is 1.68. The first kappa shape index (κ1) is 20.8. The molecule has 1 unspecified atom stereocenters. The fourth-order valence-electron chi connectivity index (χ4n) is 3.45. The predicted molar refractivity (Wildman–Crippen MR) is 126 cm³/mol. The Bertz CT molecular complexity index is 1110. The molecule has 0 aliphatic carbocycles. The van der Waals surface area contributed by atoms with Gasteiger partial charge >= 0.3 is 0 Å². The van der Waals surface area contributed by atoms with Crippen molar-refractivity contribution in [2.45, 2.75) is 19.0 Å². The molecule has 6 heteroatoms. The van der Waals surface area contributed by atoms with Crippen LogP contribution in [0.3, 0.4) is 0 Å². The van der Waals surface area contributed by atoms with Gasteiger partial charge in [-0.3, -0.25) is 0 Å². The Kier molecular flexibility index (Phi) is 6.65. The highest BCUT2D eigenvalue weighted by atomic mass is 35.5. The highest BCUT2D eigenvalue weighted by Crippen LogP contribution is 2.33. The minimum absolute atomic E-state index is 0.136. The number of fused-ring (bicyclic) bond motifs is 1. The number of benzene rings is 3. The Morgan fingerprint density at radius 2 is 1.73 bits per heavy atom. The number of ether oxygens (including phenoxy) is 1. The van der Waals surface area contributed by atoms with Crippen LogP contribution >= 0.6 is 23.1 Å². The molecule has 0 radical (unpaired) electrons. The van der Waals surface area contributed by atoms with Crippen LogP contribution in [-0.2, 0) is 6.54 Å². The molecule has 4 rings (SSSR count). The molecule has 0 saturated heterocycles. The van der Waals surface area contributed by atoms with E-state index in [1.165, 1.54) is 28.2 Å². The van der Waals surface area contributed by atoms with Gasteiger partial charge in [-0.1, -0.05) is 54.1 Å². The lowest BCUT2D eigenvalue weighted by Gasteiger charge is -2.11. The van der Waals surface area contributed by atoms with Gasteiger partial charge in [0.2, 0.25) is 0 Å². The van der Waals surface area contributed by atoms with E-state index in [2.05, 4.69) is 46.1 Å². The third-order valence-corrected chi connectivity index (χ3v) is 6.30. The fraction of sp³-hybridized carbons (Fsp3) is 0.208. The summed E-state index contributed by atoms with van der Waals surface area (Å²) in [6.07, 6.45) is 0.800. The van der Waals surface area contributed by atoms with Crippen molar-refractivity contribution >= 4 is 33.2 Å². The number of nitrogens with two attached hydrogens (primary N) is 1. The number of hydrogen-bond donors (Lipinski definition) is 2. The molecule has 0 fully saturated rings. The number of halogens is 1. The molecule has 4 aromatic rings. The van der Waals surface area contributed by atoms with Crippen LogP contribution in [-0.4, -0.2) is 18.0 Å². The van der Waals surface area contributed by atoms with Crippen LogP contribution in [0.5, 0.6) is 5.75 Å². The zero-order valence-corrected chi connectivity index (χ0v) is 18.3. The smallest absolute Gasteiger partial charge is 0.118 e. The number of nitrogens with one attached hydrogen (secondary N) is 1. The molecule has 30 heavy (non-hydrogen) atoms. The van der Waals surface area contributed by atoms with E-state index < -0.39 is 0 Å². The first-order valence-corrected chi connectivity index (χ1v) is 11.0. The van der Waals surface area contributed by atoms with E-state index in [1.807, 2.05) is 30.3 Å². The van der Waals surface area contributed by atoms with E-state index in [0.29, 0.717) is 0 Å². The molecule has 1 atom stereocenters. The average Bonchev–Trinajstić information content (AvgIpc) is 3.23. The number of aromatic nitrogens is 1.